The van der Waals surface area contributed by atoms with E-state index in [2.05, 4.69) is 15.5 Å². The molecule has 1 N–H and O–H groups in total. The molecular weight excluding hydrogens is 407 g/mol. The summed E-state index contributed by atoms with van der Waals surface area (Å²) < 4.78 is 26.3. The molecule has 158 valence electrons. The van der Waals surface area contributed by atoms with Crippen molar-refractivity contribution in [1.29, 1.82) is 0 Å². The van der Waals surface area contributed by atoms with Gasteiger partial charge in [-0.3, -0.25) is 4.79 Å². The molecule has 0 bridgehead atoms. The van der Waals surface area contributed by atoms with Crippen LogP contribution >= 0.6 is 11.8 Å². The summed E-state index contributed by atoms with van der Waals surface area (Å²) in [7, 11) is 1.61. The molecule has 1 aromatic heterocycles. The summed E-state index contributed by atoms with van der Waals surface area (Å²) in [6.07, 6.45) is -0.332. The van der Waals surface area contributed by atoms with Gasteiger partial charge in [0.25, 0.3) is 0 Å². The minimum atomic E-state index is -0.401. The molecule has 1 unspecified atom stereocenters. The van der Waals surface area contributed by atoms with Crippen LogP contribution < -0.4 is 14.8 Å². The second kappa shape index (κ2) is 10.1. The SMILES string of the molecule is CCn1c(SCC(=O)Nc2cccc(F)c2)nnc1C(C)Oc1ccc(OC)cc1. The third kappa shape index (κ3) is 5.50. The summed E-state index contributed by atoms with van der Waals surface area (Å²) in [5.74, 6) is 1.59. The van der Waals surface area contributed by atoms with Gasteiger partial charge in [0.05, 0.1) is 12.9 Å². The summed E-state index contributed by atoms with van der Waals surface area (Å²) in [6, 6.07) is 13.1. The Bertz CT molecular complexity index is 994. The molecule has 3 rings (SSSR count). The zero-order valence-electron chi connectivity index (χ0n) is 17.0. The topological polar surface area (TPSA) is 78.3 Å². The molecule has 2 aromatic carbocycles. The van der Waals surface area contributed by atoms with Crippen molar-refractivity contribution in [2.75, 3.05) is 18.2 Å². The van der Waals surface area contributed by atoms with E-state index in [1.54, 1.807) is 19.2 Å². The van der Waals surface area contributed by atoms with Crippen LogP contribution in [0.2, 0.25) is 0 Å². The maximum absolute atomic E-state index is 13.2. The zero-order chi connectivity index (χ0) is 21.5. The Balaban J connectivity index is 1.62. The van der Waals surface area contributed by atoms with E-state index in [1.807, 2.05) is 42.7 Å². The molecule has 0 radical (unpaired) electrons. The fraction of sp³-hybridized carbons (Fsp3) is 0.286. The number of thioether (sulfide) groups is 1. The van der Waals surface area contributed by atoms with E-state index in [-0.39, 0.29) is 17.8 Å². The number of amides is 1. The van der Waals surface area contributed by atoms with Gasteiger partial charge in [-0.1, -0.05) is 17.8 Å². The Labute approximate surface area is 178 Å². The number of anilines is 1. The number of nitrogens with one attached hydrogen (secondary N) is 1. The summed E-state index contributed by atoms with van der Waals surface area (Å²) in [5.41, 5.74) is 0.416. The largest absolute Gasteiger partial charge is 0.497 e. The molecule has 1 heterocycles. The van der Waals surface area contributed by atoms with Crippen LogP contribution in [0.3, 0.4) is 0 Å². The second-order valence-electron chi connectivity index (χ2n) is 6.37. The van der Waals surface area contributed by atoms with Crippen molar-refractivity contribution in [2.24, 2.45) is 0 Å². The van der Waals surface area contributed by atoms with Crippen LogP contribution in [0, 0.1) is 5.82 Å². The molecule has 30 heavy (non-hydrogen) atoms. The number of methoxy groups -OCH3 is 1. The predicted molar refractivity (Wildman–Crippen MR) is 113 cm³/mol. The zero-order valence-corrected chi connectivity index (χ0v) is 17.8. The monoisotopic (exact) mass is 430 g/mol. The fourth-order valence-corrected chi connectivity index (χ4v) is 3.62. The third-order valence-corrected chi connectivity index (χ3v) is 5.21. The van der Waals surface area contributed by atoms with E-state index in [1.165, 1.54) is 23.9 Å². The van der Waals surface area contributed by atoms with E-state index < -0.39 is 5.82 Å². The number of rotatable bonds is 9. The number of carbonyl (C=O) groups is 1. The van der Waals surface area contributed by atoms with Gasteiger partial charge in [0.1, 0.15) is 17.3 Å². The lowest BCUT2D eigenvalue weighted by atomic mass is 10.3. The lowest BCUT2D eigenvalue weighted by molar-refractivity contribution is -0.113. The molecular formula is C21H23FN4O3S. The first-order chi connectivity index (χ1) is 14.5. The van der Waals surface area contributed by atoms with E-state index in [0.29, 0.717) is 29.0 Å². The highest BCUT2D eigenvalue weighted by atomic mass is 32.2. The lowest BCUT2D eigenvalue weighted by Gasteiger charge is -2.15. The van der Waals surface area contributed by atoms with Crippen LogP contribution in [-0.2, 0) is 11.3 Å². The van der Waals surface area contributed by atoms with E-state index >= 15 is 0 Å². The molecule has 1 amide bonds. The maximum atomic E-state index is 13.2. The molecule has 0 spiro atoms. The number of ether oxygens (including phenoxy) is 2. The van der Waals surface area contributed by atoms with Crippen LogP contribution in [0.1, 0.15) is 25.8 Å². The van der Waals surface area contributed by atoms with Gasteiger partial charge in [-0.15, -0.1) is 10.2 Å². The van der Waals surface area contributed by atoms with Crippen molar-refractivity contribution >= 4 is 23.4 Å². The fourth-order valence-electron chi connectivity index (χ4n) is 2.81. The number of aromatic nitrogens is 3. The van der Waals surface area contributed by atoms with Crippen molar-refractivity contribution in [2.45, 2.75) is 31.7 Å². The number of benzene rings is 2. The van der Waals surface area contributed by atoms with Gasteiger partial charge in [-0.2, -0.15) is 0 Å². The average molecular weight is 431 g/mol. The van der Waals surface area contributed by atoms with Crippen LogP contribution in [0.15, 0.2) is 53.7 Å². The normalized spacial score (nSPS) is 11.7. The average Bonchev–Trinajstić information content (AvgIpc) is 3.16. The van der Waals surface area contributed by atoms with Crippen LogP contribution in [-0.4, -0.2) is 33.5 Å². The van der Waals surface area contributed by atoms with Gasteiger partial charge in [-0.05, 0) is 56.3 Å². The minimum Gasteiger partial charge on any atom is -0.497 e. The van der Waals surface area contributed by atoms with Gasteiger partial charge < -0.3 is 19.4 Å². The Morgan fingerprint density at radius 3 is 2.60 bits per heavy atom. The standard InChI is InChI=1S/C21H23FN4O3S/c1-4-26-20(14(2)29-18-10-8-17(28-3)9-11-18)24-25-21(26)30-13-19(27)23-16-7-5-6-15(22)12-16/h5-12,14H,4,13H2,1-3H3,(H,23,27). The Hall–Kier alpha value is -3.07. The molecule has 0 fully saturated rings. The van der Waals surface area contributed by atoms with Gasteiger partial charge in [-0.25, -0.2) is 4.39 Å². The van der Waals surface area contributed by atoms with E-state index in [0.717, 1.165) is 5.75 Å². The first-order valence-electron chi connectivity index (χ1n) is 9.42. The number of halogens is 1. The van der Waals surface area contributed by atoms with Gasteiger partial charge >= 0.3 is 0 Å². The Morgan fingerprint density at radius 1 is 1.20 bits per heavy atom. The molecule has 7 nitrogen and oxygen atoms in total. The molecule has 0 saturated carbocycles. The molecule has 0 aliphatic heterocycles. The smallest absolute Gasteiger partial charge is 0.234 e. The molecule has 0 saturated heterocycles. The van der Waals surface area contributed by atoms with Crippen LogP contribution in [0.4, 0.5) is 10.1 Å². The number of nitrogens with zero attached hydrogens (tertiary/aromatic N) is 3. The number of hydrogen-bond donors (Lipinski definition) is 1. The van der Waals surface area contributed by atoms with Crippen molar-refractivity contribution < 1.29 is 18.7 Å². The lowest BCUT2D eigenvalue weighted by Crippen LogP contribution is -2.15. The van der Waals surface area contributed by atoms with Gasteiger partial charge in [0.2, 0.25) is 5.91 Å². The molecule has 9 heteroatoms. The highest BCUT2D eigenvalue weighted by Gasteiger charge is 2.19. The highest BCUT2D eigenvalue weighted by molar-refractivity contribution is 7.99. The summed E-state index contributed by atoms with van der Waals surface area (Å²) in [4.78, 5) is 12.2. The van der Waals surface area contributed by atoms with Crippen molar-refractivity contribution in [3.8, 4) is 11.5 Å². The summed E-state index contributed by atoms with van der Waals surface area (Å²) >= 11 is 1.26. The molecule has 1 atom stereocenters. The quantitative estimate of drug-likeness (QED) is 0.510. The Morgan fingerprint density at radius 2 is 1.93 bits per heavy atom. The van der Waals surface area contributed by atoms with Crippen LogP contribution in [0.5, 0.6) is 11.5 Å². The highest BCUT2D eigenvalue weighted by Crippen LogP contribution is 2.26. The molecule has 3 aromatic rings. The van der Waals surface area contributed by atoms with Gasteiger partial charge in [0, 0.05) is 12.2 Å². The van der Waals surface area contributed by atoms with E-state index in [4.69, 9.17) is 9.47 Å². The molecule has 0 aliphatic carbocycles. The van der Waals surface area contributed by atoms with Crippen molar-refractivity contribution in [3.63, 3.8) is 0 Å². The Kier molecular flexibility index (Phi) is 7.29. The molecule has 0 aliphatic rings. The van der Waals surface area contributed by atoms with Crippen LogP contribution in [0.25, 0.3) is 0 Å². The van der Waals surface area contributed by atoms with Gasteiger partial charge in [0.15, 0.2) is 17.1 Å². The first kappa shape index (κ1) is 21.6. The predicted octanol–water partition coefficient (Wildman–Crippen LogP) is 4.32. The maximum Gasteiger partial charge on any atom is 0.234 e. The number of carbonyl (C=O) groups excluding carboxylic acids is 1. The summed E-state index contributed by atoms with van der Waals surface area (Å²) in [6.45, 7) is 4.50. The second-order valence-corrected chi connectivity index (χ2v) is 7.31. The first-order valence-corrected chi connectivity index (χ1v) is 10.4. The minimum absolute atomic E-state index is 0.127. The summed E-state index contributed by atoms with van der Waals surface area (Å²) in [5, 5.41) is 11.7. The number of hydrogen-bond acceptors (Lipinski definition) is 6. The third-order valence-electron chi connectivity index (χ3n) is 4.24. The van der Waals surface area contributed by atoms with Crippen molar-refractivity contribution in [1.82, 2.24) is 14.8 Å². The van der Waals surface area contributed by atoms with E-state index in [9.17, 15) is 9.18 Å². The van der Waals surface area contributed by atoms with Crippen molar-refractivity contribution in [3.05, 3.63) is 60.2 Å².